The van der Waals surface area contributed by atoms with E-state index in [9.17, 15) is 0 Å². The Hall–Kier alpha value is -1.80. The summed E-state index contributed by atoms with van der Waals surface area (Å²) in [6.07, 6.45) is 0.943. The van der Waals surface area contributed by atoms with E-state index in [0.29, 0.717) is 0 Å². The molecular weight excluding hydrogens is 258 g/mol. The van der Waals surface area contributed by atoms with Gasteiger partial charge in [-0.15, -0.1) is 0 Å². The van der Waals surface area contributed by atoms with Crippen LogP contribution in [0.1, 0.15) is 42.2 Å². The molecule has 2 N–H and O–H groups in total. The van der Waals surface area contributed by atoms with Crippen molar-refractivity contribution in [2.75, 3.05) is 0 Å². The van der Waals surface area contributed by atoms with Crippen LogP contribution in [0.15, 0.2) is 42.5 Å². The van der Waals surface area contributed by atoms with Crippen LogP contribution in [0, 0.1) is 13.8 Å². The molecule has 2 nitrogen and oxygen atoms in total. The molecule has 0 aliphatic carbocycles. The molecule has 2 heteroatoms. The second-order valence-corrected chi connectivity index (χ2v) is 5.91. The number of hydrogen-bond acceptors (Lipinski definition) is 2. The summed E-state index contributed by atoms with van der Waals surface area (Å²) in [5.41, 5.74) is 10.7. The molecule has 2 rings (SSSR count). The van der Waals surface area contributed by atoms with E-state index in [1.54, 1.807) is 0 Å². The average Bonchev–Trinajstić information content (AvgIpc) is 2.43. The van der Waals surface area contributed by atoms with E-state index < -0.39 is 0 Å². The lowest BCUT2D eigenvalue weighted by molar-refractivity contribution is 0.223. The normalized spacial score (nSPS) is 13.8. The zero-order valence-electron chi connectivity index (χ0n) is 13.4. The lowest BCUT2D eigenvalue weighted by Gasteiger charge is -2.20. The van der Waals surface area contributed by atoms with Gasteiger partial charge in [0.1, 0.15) is 11.9 Å². The quantitative estimate of drug-likeness (QED) is 0.886. The Balaban J connectivity index is 2.20. The Kier molecular flexibility index (Phi) is 5.03. The average molecular weight is 283 g/mol. The molecular formula is C19H25NO. The highest BCUT2D eigenvalue weighted by atomic mass is 16.5. The van der Waals surface area contributed by atoms with Gasteiger partial charge in [0, 0.05) is 6.04 Å². The summed E-state index contributed by atoms with van der Waals surface area (Å²) in [5.74, 6) is 0.986. The number of aryl methyl sites for hydroxylation is 2. The maximum atomic E-state index is 6.19. The zero-order valence-corrected chi connectivity index (χ0v) is 13.4. The molecule has 2 aromatic carbocycles. The Morgan fingerprint density at radius 2 is 1.57 bits per heavy atom. The van der Waals surface area contributed by atoms with Crippen molar-refractivity contribution in [2.24, 2.45) is 5.73 Å². The van der Waals surface area contributed by atoms with Crippen LogP contribution in [0.3, 0.4) is 0 Å². The van der Waals surface area contributed by atoms with Gasteiger partial charge in [-0.25, -0.2) is 0 Å². The van der Waals surface area contributed by atoms with Crippen molar-refractivity contribution in [1.29, 1.82) is 0 Å². The van der Waals surface area contributed by atoms with E-state index in [2.05, 4.69) is 45.0 Å². The Labute approximate surface area is 127 Å². The SMILES string of the molecule is Cc1cc(CC(C)N)cc(C)c1OC(C)c1ccccc1. The second kappa shape index (κ2) is 6.77. The second-order valence-electron chi connectivity index (χ2n) is 5.91. The van der Waals surface area contributed by atoms with Crippen molar-refractivity contribution in [1.82, 2.24) is 0 Å². The topological polar surface area (TPSA) is 35.2 Å². The predicted octanol–water partition coefficient (Wildman–Crippen LogP) is 4.33. The number of hydrogen-bond donors (Lipinski definition) is 1. The van der Waals surface area contributed by atoms with E-state index in [0.717, 1.165) is 12.2 Å². The molecule has 0 aromatic heterocycles. The molecule has 2 unspecified atom stereocenters. The molecule has 2 aromatic rings. The van der Waals surface area contributed by atoms with E-state index in [-0.39, 0.29) is 12.1 Å². The van der Waals surface area contributed by atoms with Gasteiger partial charge in [0.15, 0.2) is 0 Å². The third kappa shape index (κ3) is 4.08. The van der Waals surface area contributed by atoms with E-state index in [1.165, 1.54) is 22.3 Å². The molecule has 112 valence electrons. The molecule has 0 aliphatic heterocycles. The number of nitrogens with two attached hydrogens (primary N) is 1. The molecule has 0 aliphatic rings. The molecule has 0 heterocycles. The van der Waals surface area contributed by atoms with Crippen molar-refractivity contribution >= 4 is 0 Å². The molecule has 21 heavy (non-hydrogen) atoms. The number of ether oxygens (including phenoxy) is 1. The summed E-state index contributed by atoms with van der Waals surface area (Å²) in [5, 5.41) is 0. The first kappa shape index (κ1) is 15.6. The van der Waals surface area contributed by atoms with E-state index in [1.807, 2.05) is 25.1 Å². The third-order valence-corrected chi connectivity index (χ3v) is 3.64. The standard InChI is InChI=1S/C19H25NO/c1-13-10-17(12-15(3)20)11-14(2)19(13)21-16(4)18-8-6-5-7-9-18/h5-11,15-16H,12,20H2,1-4H3. The van der Waals surface area contributed by atoms with Crippen molar-refractivity contribution in [3.63, 3.8) is 0 Å². The molecule has 0 spiro atoms. The summed E-state index contributed by atoms with van der Waals surface area (Å²) in [7, 11) is 0. The monoisotopic (exact) mass is 283 g/mol. The highest BCUT2D eigenvalue weighted by Gasteiger charge is 2.12. The lowest BCUT2D eigenvalue weighted by Crippen LogP contribution is -2.18. The number of rotatable bonds is 5. The summed E-state index contributed by atoms with van der Waals surface area (Å²) in [6.45, 7) is 8.33. The summed E-state index contributed by atoms with van der Waals surface area (Å²) in [6, 6.07) is 14.8. The fourth-order valence-electron chi connectivity index (χ4n) is 2.68. The van der Waals surface area contributed by atoms with Gasteiger partial charge in [-0.2, -0.15) is 0 Å². The summed E-state index contributed by atoms with van der Waals surface area (Å²) >= 11 is 0. The van der Waals surface area contributed by atoms with Gasteiger partial charge in [0.2, 0.25) is 0 Å². The van der Waals surface area contributed by atoms with Gasteiger partial charge in [0.25, 0.3) is 0 Å². The van der Waals surface area contributed by atoms with Crippen LogP contribution in [0.4, 0.5) is 0 Å². The molecule has 0 bridgehead atoms. The van der Waals surface area contributed by atoms with Gasteiger partial charge >= 0.3 is 0 Å². The fourth-order valence-corrected chi connectivity index (χ4v) is 2.68. The van der Waals surface area contributed by atoms with Gasteiger partial charge < -0.3 is 10.5 Å². The largest absolute Gasteiger partial charge is 0.485 e. The van der Waals surface area contributed by atoms with Gasteiger partial charge in [0.05, 0.1) is 0 Å². The Bertz CT molecular complexity index is 567. The molecule has 0 fully saturated rings. The van der Waals surface area contributed by atoms with Crippen LogP contribution in [-0.4, -0.2) is 6.04 Å². The Morgan fingerprint density at radius 3 is 2.10 bits per heavy atom. The van der Waals surface area contributed by atoms with Gasteiger partial charge in [-0.3, -0.25) is 0 Å². The number of benzene rings is 2. The zero-order chi connectivity index (χ0) is 15.4. The van der Waals surface area contributed by atoms with Crippen LogP contribution in [0.2, 0.25) is 0 Å². The predicted molar refractivity (Wildman–Crippen MR) is 88.8 cm³/mol. The molecule has 2 atom stereocenters. The van der Waals surface area contributed by atoms with Crippen molar-refractivity contribution in [2.45, 2.75) is 46.3 Å². The summed E-state index contributed by atoms with van der Waals surface area (Å²) < 4.78 is 6.19. The minimum atomic E-state index is 0.0443. The molecule has 0 amide bonds. The molecule has 0 saturated heterocycles. The summed E-state index contributed by atoms with van der Waals surface area (Å²) in [4.78, 5) is 0. The Morgan fingerprint density at radius 1 is 1.00 bits per heavy atom. The van der Waals surface area contributed by atoms with Crippen LogP contribution < -0.4 is 10.5 Å². The smallest absolute Gasteiger partial charge is 0.126 e. The molecule has 0 radical (unpaired) electrons. The first-order chi connectivity index (χ1) is 9.97. The van der Waals surface area contributed by atoms with E-state index in [4.69, 9.17) is 10.5 Å². The minimum Gasteiger partial charge on any atom is -0.485 e. The highest BCUT2D eigenvalue weighted by Crippen LogP contribution is 2.29. The fraction of sp³-hybridized carbons (Fsp3) is 0.368. The first-order valence-electron chi connectivity index (χ1n) is 7.54. The van der Waals surface area contributed by atoms with Gasteiger partial charge in [-0.1, -0.05) is 42.5 Å². The lowest BCUT2D eigenvalue weighted by atomic mass is 10.0. The minimum absolute atomic E-state index is 0.0443. The highest BCUT2D eigenvalue weighted by molar-refractivity contribution is 5.44. The van der Waals surface area contributed by atoms with E-state index >= 15 is 0 Å². The van der Waals surface area contributed by atoms with Crippen LogP contribution in [0.5, 0.6) is 5.75 Å². The maximum absolute atomic E-state index is 6.19. The van der Waals surface area contributed by atoms with Crippen molar-refractivity contribution in [3.8, 4) is 5.75 Å². The first-order valence-corrected chi connectivity index (χ1v) is 7.54. The third-order valence-electron chi connectivity index (χ3n) is 3.64. The van der Waals surface area contributed by atoms with Crippen LogP contribution >= 0.6 is 0 Å². The van der Waals surface area contributed by atoms with Gasteiger partial charge in [-0.05, 0) is 56.4 Å². The maximum Gasteiger partial charge on any atom is 0.126 e. The van der Waals surface area contributed by atoms with Crippen LogP contribution in [0.25, 0.3) is 0 Å². The van der Waals surface area contributed by atoms with Crippen molar-refractivity contribution < 1.29 is 4.74 Å². The van der Waals surface area contributed by atoms with Crippen LogP contribution in [-0.2, 0) is 6.42 Å². The van der Waals surface area contributed by atoms with Crippen molar-refractivity contribution in [3.05, 3.63) is 64.7 Å². The molecule has 0 saturated carbocycles.